The van der Waals surface area contributed by atoms with Crippen LogP contribution in [0, 0.1) is 6.92 Å². The standard InChI is InChI=1S/C17H21N5O/c1-12-8-17(21-11-20-12)22-7-3-4-16(22)14-5-6-18-15(9-14)10-19-13(2)23/h5-6,8-9,11,16H,3-4,7,10H2,1-2H3,(H,19,23)/t16-/m0/s1. The number of hydrogen-bond donors (Lipinski definition) is 1. The third kappa shape index (κ3) is 3.64. The summed E-state index contributed by atoms with van der Waals surface area (Å²) in [7, 11) is 0. The highest BCUT2D eigenvalue weighted by Crippen LogP contribution is 2.35. The van der Waals surface area contributed by atoms with E-state index in [2.05, 4.69) is 31.2 Å². The average Bonchev–Trinajstić information content (AvgIpc) is 3.03. The van der Waals surface area contributed by atoms with Crippen LogP contribution in [-0.2, 0) is 11.3 Å². The van der Waals surface area contributed by atoms with Crippen molar-refractivity contribution in [3.63, 3.8) is 0 Å². The molecule has 1 aliphatic heterocycles. The molecule has 1 atom stereocenters. The van der Waals surface area contributed by atoms with Crippen LogP contribution in [0.5, 0.6) is 0 Å². The van der Waals surface area contributed by atoms with E-state index >= 15 is 0 Å². The Bertz CT molecular complexity index is 703. The van der Waals surface area contributed by atoms with Gasteiger partial charge in [0.25, 0.3) is 0 Å². The van der Waals surface area contributed by atoms with Crippen LogP contribution >= 0.6 is 0 Å². The molecule has 0 aliphatic carbocycles. The van der Waals surface area contributed by atoms with Gasteiger partial charge in [0.2, 0.25) is 5.91 Å². The summed E-state index contributed by atoms with van der Waals surface area (Å²) in [6, 6.07) is 6.45. The summed E-state index contributed by atoms with van der Waals surface area (Å²) < 4.78 is 0. The lowest BCUT2D eigenvalue weighted by Gasteiger charge is -2.26. The molecule has 1 aliphatic rings. The predicted molar refractivity (Wildman–Crippen MR) is 87.8 cm³/mol. The largest absolute Gasteiger partial charge is 0.351 e. The highest BCUT2D eigenvalue weighted by Gasteiger charge is 2.27. The molecule has 0 spiro atoms. The van der Waals surface area contributed by atoms with Gasteiger partial charge in [-0.1, -0.05) is 0 Å². The molecule has 1 saturated heterocycles. The number of aromatic nitrogens is 3. The van der Waals surface area contributed by atoms with E-state index in [-0.39, 0.29) is 5.91 Å². The monoisotopic (exact) mass is 311 g/mol. The third-order valence-electron chi connectivity index (χ3n) is 4.08. The maximum Gasteiger partial charge on any atom is 0.217 e. The zero-order valence-corrected chi connectivity index (χ0v) is 13.5. The van der Waals surface area contributed by atoms with Gasteiger partial charge in [-0.2, -0.15) is 0 Å². The number of hydrogen-bond acceptors (Lipinski definition) is 5. The molecule has 6 nitrogen and oxygen atoms in total. The Morgan fingerprint density at radius 1 is 1.35 bits per heavy atom. The molecule has 1 fully saturated rings. The summed E-state index contributed by atoms with van der Waals surface area (Å²) in [5.74, 6) is 0.927. The Morgan fingerprint density at radius 3 is 3.00 bits per heavy atom. The number of pyridine rings is 1. The normalized spacial score (nSPS) is 17.3. The smallest absolute Gasteiger partial charge is 0.217 e. The summed E-state index contributed by atoms with van der Waals surface area (Å²) in [6.07, 6.45) is 5.66. The van der Waals surface area contributed by atoms with Gasteiger partial charge in [0.1, 0.15) is 12.1 Å². The summed E-state index contributed by atoms with van der Waals surface area (Å²) in [5.41, 5.74) is 3.07. The van der Waals surface area contributed by atoms with Crippen molar-refractivity contribution in [2.24, 2.45) is 0 Å². The highest BCUT2D eigenvalue weighted by atomic mass is 16.1. The fourth-order valence-corrected chi connectivity index (χ4v) is 3.00. The topological polar surface area (TPSA) is 71.0 Å². The summed E-state index contributed by atoms with van der Waals surface area (Å²) >= 11 is 0. The van der Waals surface area contributed by atoms with E-state index in [1.165, 1.54) is 12.5 Å². The zero-order chi connectivity index (χ0) is 16.2. The van der Waals surface area contributed by atoms with Crippen molar-refractivity contribution in [3.8, 4) is 0 Å². The molecule has 120 valence electrons. The number of nitrogens with zero attached hydrogens (tertiary/aromatic N) is 4. The number of carbonyl (C=O) groups is 1. The molecule has 0 bridgehead atoms. The molecule has 1 amide bonds. The van der Waals surface area contributed by atoms with E-state index in [9.17, 15) is 4.79 Å². The summed E-state index contributed by atoms with van der Waals surface area (Å²) in [5, 5.41) is 2.79. The van der Waals surface area contributed by atoms with Gasteiger partial charge in [0, 0.05) is 31.4 Å². The predicted octanol–water partition coefficient (Wildman–Crippen LogP) is 2.16. The summed E-state index contributed by atoms with van der Waals surface area (Å²) in [4.78, 5) is 26.3. The van der Waals surface area contributed by atoms with Crippen molar-refractivity contribution in [2.75, 3.05) is 11.4 Å². The van der Waals surface area contributed by atoms with Crippen LogP contribution in [0.4, 0.5) is 5.82 Å². The lowest BCUT2D eigenvalue weighted by atomic mass is 10.0. The van der Waals surface area contributed by atoms with E-state index in [0.717, 1.165) is 36.6 Å². The number of amides is 1. The minimum atomic E-state index is -0.0452. The second kappa shape index (κ2) is 6.73. The molecule has 2 aromatic rings. The van der Waals surface area contributed by atoms with Crippen LogP contribution in [-0.4, -0.2) is 27.4 Å². The second-order valence-electron chi connectivity index (χ2n) is 5.86. The van der Waals surface area contributed by atoms with Crippen LogP contribution in [0.2, 0.25) is 0 Å². The van der Waals surface area contributed by atoms with E-state index in [0.29, 0.717) is 12.6 Å². The van der Waals surface area contributed by atoms with Crippen LogP contribution in [0.25, 0.3) is 0 Å². The fraction of sp³-hybridized carbons (Fsp3) is 0.412. The van der Waals surface area contributed by atoms with Gasteiger partial charge in [-0.15, -0.1) is 0 Å². The Balaban J connectivity index is 1.82. The van der Waals surface area contributed by atoms with Gasteiger partial charge in [0.15, 0.2) is 0 Å². The first-order valence-electron chi connectivity index (χ1n) is 7.88. The quantitative estimate of drug-likeness (QED) is 0.937. The van der Waals surface area contributed by atoms with Crippen LogP contribution in [0.3, 0.4) is 0 Å². The Hall–Kier alpha value is -2.50. The minimum Gasteiger partial charge on any atom is -0.351 e. The number of anilines is 1. The SMILES string of the molecule is CC(=O)NCc1cc([C@@H]2CCCN2c2cc(C)ncn2)ccn1. The van der Waals surface area contributed by atoms with E-state index < -0.39 is 0 Å². The molecule has 0 saturated carbocycles. The Kier molecular flexibility index (Phi) is 4.50. The maximum atomic E-state index is 11.1. The first-order chi connectivity index (χ1) is 11.1. The van der Waals surface area contributed by atoms with Gasteiger partial charge in [-0.25, -0.2) is 9.97 Å². The summed E-state index contributed by atoms with van der Waals surface area (Å²) in [6.45, 7) is 4.95. The van der Waals surface area contributed by atoms with E-state index in [1.807, 2.05) is 25.3 Å². The van der Waals surface area contributed by atoms with Crippen LogP contribution < -0.4 is 10.2 Å². The van der Waals surface area contributed by atoms with Crippen molar-refractivity contribution in [1.82, 2.24) is 20.3 Å². The number of aryl methyl sites for hydroxylation is 1. The molecule has 1 N–H and O–H groups in total. The molecule has 2 aromatic heterocycles. The Labute approximate surface area is 136 Å². The first kappa shape index (κ1) is 15.4. The van der Waals surface area contributed by atoms with Crippen molar-refractivity contribution >= 4 is 11.7 Å². The number of nitrogens with one attached hydrogen (secondary N) is 1. The maximum absolute atomic E-state index is 11.1. The zero-order valence-electron chi connectivity index (χ0n) is 13.5. The highest BCUT2D eigenvalue weighted by molar-refractivity contribution is 5.72. The van der Waals surface area contributed by atoms with Gasteiger partial charge in [-0.3, -0.25) is 9.78 Å². The van der Waals surface area contributed by atoms with Crippen molar-refractivity contribution < 1.29 is 4.79 Å². The molecule has 0 aromatic carbocycles. The lowest BCUT2D eigenvalue weighted by molar-refractivity contribution is -0.119. The molecular weight excluding hydrogens is 290 g/mol. The number of carbonyl (C=O) groups excluding carboxylic acids is 1. The van der Waals surface area contributed by atoms with Gasteiger partial charge in [0.05, 0.1) is 18.3 Å². The average molecular weight is 311 g/mol. The van der Waals surface area contributed by atoms with Crippen LogP contribution in [0.1, 0.15) is 42.8 Å². The Morgan fingerprint density at radius 2 is 2.22 bits per heavy atom. The molecule has 23 heavy (non-hydrogen) atoms. The van der Waals surface area contributed by atoms with Crippen molar-refractivity contribution in [1.29, 1.82) is 0 Å². The molecule has 6 heteroatoms. The first-order valence-corrected chi connectivity index (χ1v) is 7.88. The minimum absolute atomic E-state index is 0.0452. The fourth-order valence-electron chi connectivity index (χ4n) is 3.00. The van der Waals surface area contributed by atoms with E-state index in [4.69, 9.17) is 0 Å². The van der Waals surface area contributed by atoms with Gasteiger partial charge < -0.3 is 10.2 Å². The molecule has 3 rings (SSSR count). The van der Waals surface area contributed by atoms with Gasteiger partial charge >= 0.3 is 0 Å². The third-order valence-corrected chi connectivity index (χ3v) is 4.08. The van der Waals surface area contributed by atoms with Crippen molar-refractivity contribution in [3.05, 3.63) is 47.7 Å². The van der Waals surface area contributed by atoms with Crippen LogP contribution in [0.15, 0.2) is 30.7 Å². The number of rotatable bonds is 4. The van der Waals surface area contributed by atoms with E-state index in [1.54, 1.807) is 6.33 Å². The van der Waals surface area contributed by atoms with Crippen molar-refractivity contribution in [2.45, 2.75) is 39.3 Å². The molecule has 0 unspecified atom stereocenters. The van der Waals surface area contributed by atoms with Gasteiger partial charge in [-0.05, 0) is 37.5 Å². The molecule has 3 heterocycles. The molecular formula is C17H21N5O. The second-order valence-corrected chi connectivity index (χ2v) is 5.86. The molecule has 0 radical (unpaired) electrons. The lowest BCUT2D eigenvalue weighted by Crippen LogP contribution is -2.24.